The molecular weight excluding hydrogens is 272 g/mol. The second-order valence-corrected chi connectivity index (χ2v) is 6.87. The van der Waals surface area contributed by atoms with Crippen molar-refractivity contribution < 1.29 is 22.8 Å². The van der Waals surface area contributed by atoms with Gasteiger partial charge >= 0.3 is 5.97 Å². The van der Waals surface area contributed by atoms with Crippen LogP contribution in [0.3, 0.4) is 0 Å². The smallest absolute Gasteiger partial charge is 0.323 e. The van der Waals surface area contributed by atoms with Gasteiger partial charge in [-0.05, 0) is 26.7 Å². The van der Waals surface area contributed by atoms with Gasteiger partial charge in [-0.3, -0.25) is 4.79 Å². The molecule has 0 aromatic carbocycles. The van der Waals surface area contributed by atoms with Gasteiger partial charge < -0.3 is 9.63 Å². The van der Waals surface area contributed by atoms with Gasteiger partial charge in [0.1, 0.15) is 0 Å². The Morgan fingerprint density at radius 3 is 2.84 bits per heavy atom. The van der Waals surface area contributed by atoms with Crippen LogP contribution in [0.15, 0.2) is 10.6 Å². The number of carboxylic acids is 1. The fraction of sp³-hybridized carbons (Fsp3) is 0.636. The van der Waals surface area contributed by atoms with Crippen LogP contribution in [0.25, 0.3) is 0 Å². The van der Waals surface area contributed by atoms with E-state index in [1.807, 2.05) is 0 Å². The third kappa shape index (κ3) is 2.50. The fourth-order valence-electron chi connectivity index (χ4n) is 2.20. The summed E-state index contributed by atoms with van der Waals surface area (Å²) in [7, 11) is -3.88. The third-order valence-electron chi connectivity index (χ3n) is 3.30. The molecule has 0 amide bonds. The van der Waals surface area contributed by atoms with Gasteiger partial charge in [-0.15, -0.1) is 0 Å². The van der Waals surface area contributed by atoms with Crippen LogP contribution < -0.4 is 0 Å². The minimum absolute atomic E-state index is 0.310. The topological polar surface area (TPSA) is 101 Å². The van der Waals surface area contributed by atoms with E-state index in [1.54, 1.807) is 13.0 Å². The highest BCUT2D eigenvalue weighted by Crippen LogP contribution is 2.35. The van der Waals surface area contributed by atoms with Gasteiger partial charge in [-0.1, -0.05) is 5.16 Å². The molecule has 1 fully saturated rings. The quantitative estimate of drug-likeness (QED) is 0.884. The molecule has 0 radical (unpaired) electrons. The van der Waals surface area contributed by atoms with Crippen LogP contribution in [0.1, 0.15) is 37.3 Å². The lowest BCUT2D eigenvalue weighted by atomic mass is 10.2. The van der Waals surface area contributed by atoms with Crippen LogP contribution >= 0.6 is 0 Å². The van der Waals surface area contributed by atoms with Gasteiger partial charge in [0.2, 0.25) is 10.0 Å². The monoisotopic (exact) mass is 288 g/mol. The highest BCUT2D eigenvalue weighted by atomic mass is 32.2. The molecule has 19 heavy (non-hydrogen) atoms. The van der Waals surface area contributed by atoms with Crippen LogP contribution in [0.4, 0.5) is 0 Å². The Balaban J connectivity index is 2.31. The molecule has 0 saturated carbocycles. The number of rotatable bonds is 4. The van der Waals surface area contributed by atoms with Crippen molar-refractivity contribution in [2.75, 3.05) is 6.54 Å². The van der Waals surface area contributed by atoms with Crippen LogP contribution in [-0.2, 0) is 14.8 Å². The minimum Gasteiger partial charge on any atom is -0.480 e. The highest BCUT2D eigenvalue weighted by Gasteiger charge is 2.42. The van der Waals surface area contributed by atoms with Gasteiger partial charge in [0, 0.05) is 12.6 Å². The summed E-state index contributed by atoms with van der Waals surface area (Å²) in [5, 5.41) is 11.2. The molecule has 1 aromatic heterocycles. The molecule has 1 saturated heterocycles. The lowest BCUT2D eigenvalue weighted by molar-refractivity contribution is -0.136. The van der Waals surface area contributed by atoms with Crippen molar-refractivity contribution in [3.63, 3.8) is 0 Å². The van der Waals surface area contributed by atoms with Crippen LogP contribution in [0.2, 0.25) is 0 Å². The Hall–Kier alpha value is -1.41. The Morgan fingerprint density at radius 2 is 2.32 bits per heavy atom. The Morgan fingerprint density at radius 1 is 1.63 bits per heavy atom. The molecule has 0 aliphatic carbocycles. The molecule has 2 unspecified atom stereocenters. The van der Waals surface area contributed by atoms with Crippen LogP contribution in [0.5, 0.6) is 0 Å². The number of carbonyl (C=O) groups is 1. The van der Waals surface area contributed by atoms with Crippen molar-refractivity contribution in [3.8, 4) is 0 Å². The number of nitrogens with zero attached hydrogens (tertiary/aromatic N) is 2. The van der Waals surface area contributed by atoms with E-state index in [1.165, 1.54) is 11.2 Å². The summed E-state index contributed by atoms with van der Waals surface area (Å²) in [6.45, 7) is 3.24. The molecule has 1 N–H and O–H groups in total. The minimum atomic E-state index is -3.88. The second-order valence-electron chi connectivity index (χ2n) is 4.66. The summed E-state index contributed by atoms with van der Waals surface area (Å²) in [6.07, 6.45) is 1.29. The van der Waals surface area contributed by atoms with Crippen molar-refractivity contribution in [1.82, 2.24) is 9.46 Å². The number of aryl methyl sites for hydroxylation is 1. The number of aliphatic carboxylic acids is 1. The van der Waals surface area contributed by atoms with Gasteiger partial charge in [0.05, 0.1) is 11.7 Å². The first-order valence-corrected chi connectivity index (χ1v) is 7.51. The van der Waals surface area contributed by atoms with E-state index in [4.69, 9.17) is 9.63 Å². The highest BCUT2D eigenvalue weighted by molar-refractivity contribution is 7.90. The molecule has 1 aliphatic heterocycles. The van der Waals surface area contributed by atoms with Crippen molar-refractivity contribution >= 4 is 16.0 Å². The average molecular weight is 288 g/mol. The van der Waals surface area contributed by atoms with Gasteiger partial charge in [-0.25, -0.2) is 8.42 Å². The van der Waals surface area contributed by atoms with Gasteiger partial charge in [-0.2, -0.15) is 4.31 Å². The first kappa shape index (κ1) is 14.0. The first-order valence-electron chi connectivity index (χ1n) is 6.00. The number of hydrogen-bond acceptors (Lipinski definition) is 5. The predicted octanol–water partition coefficient (Wildman–Crippen LogP) is 0.923. The van der Waals surface area contributed by atoms with E-state index < -0.39 is 27.3 Å². The lowest BCUT2D eigenvalue weighted by Crippen LogP contribution is -2.40. The standard InChI is InChI=1S/C11H16N2O5S/c1-7-6-10(18-12-7)9-4-3-5-13(9)19(16,17)8(2)11(14)15/h6,8-9H,3-5H2,1-2H3,(H,14,15). The second kappa shape index (κ2) is 4.93. The van der Waals surface area contributed by atoms with Crippen molar-refractivity contribution in [1.29, 1.82) is 0 Å². The molecule has 8 heteroatoms. The Bertz CT molecular complexity index is 580. The number of hydrogen-bond donors (Lipinski definition) is 1. The Kier molecular flexibility index (Phi) is 3.64. The summed E-state index contributed by atoms with van der Waals surface area (Å²) < 4.78 is 30.8. The molecule has 1 aromatic rings. The SMILES string of the molecule is Cc1cc(C2CCCN2S(=O)(=O)C(C)C(=O)O)on1. The maximum absolute atomic E-state index is 12.2. The average Bonchev–Trinajstić information content (AvgIpc) is 2.95. The summed E-state index contributed by atoms with van der Waals surface area (Å²) in [5.74, 6) is -0.879. The zero-order valence-electron chi connectivity index (χ0n) is 10.7. The largest absolute Gasteiger partial charge is 0.480 e. The number of carboxylic acid groups (broad SMARTS) is 1. The normalized spacial score (nSPS) is 22.5. The maximum Gasteiger partial charge on any atom is 0.323 e. The lowest BCUT2D eigenvalue weighted by Gasteiger charge is -2.23. The third-order valence-corrected chi connectivity index (χ3v) is 5.49. The molecule has 7 nitrogen and oxygen atoms in total. The first-order chi connectivity index (χ1) is 8.84. The summed E-state index contributed by atoms with van der Waals surface area (Å²) >= 11 is 0. The Labute approximate surface area is 111 Å². The molecule has 106 valence electrons. The predicted molar refractivity (Wildman–Crippen MR) is 65.9 cm³/mol. The molecule has 2 rings (SSSR count). The van der Waals surface area contributed by atoms with Crippen LogP contribution in [-0.4, -0.2) is 40.8 Å². The van der Waals surface area contributed by atoms with Crippen molar-refractivity contribution in [3.05, 3.63) is 17.5 Å². The van der Waals surface area contributed by atoms with Gasteiger partial charge in [0.25, 0.3) is 0 Å². The molecular formula is C11H16N2O5S. The van der Waals surface area contributed by atoms with Gasteiger partial charge in [0.15, 0.2) is 11.0 Å². The van der Waals surface area contributed by atoms with E-state index in [-0.39, 0.29) is 0 Å². The maximum atomic E-state index is 12.2. The van der Waals surface area contributed by atoms with E-state index in [0.717, 1.165) is 0 Å². The summed E-state index contributed by atoms with van der Waals surface area (Å²) in [4.78, 5) is 10.9. The molecule has 1 aliphatic rings. The van der Waals surface area contributed by atoms with E-state index >= 15 is 0 Å². The van der Waals surface area contributed by atoms with Crippen molar-refractivity contribution in [2.24, 2.45) is 0 Å². The molecule has 2 atom stereocenters. The fourth-order valence-corrected chi connectivity index (χ4v) is 3.81. The molecule has 0 spiro atoms. The van der Waals surface area contributed by atoms with Crippen molar-refractivity contribution in [2.45, 2.75) is 38.0 Å². The van der Waals surface area contributed by atoms with E-state index in [0.29, 0.717) is 30.8 Å². The molecule has 0 bridgehead atoms. The summed E-state index contributed by atoms with van der Waals surface area (Å²) in [5.41, 5.74) is 0.672. The number of sulfonamides is 1. The van der Waals surface area contributed by atoms with Crippen LogP contribution in [0, 0.1) is 6.92 Å². The van der Waals surface area contributed by atoms with E-state index in [2.05, 4.69) is 5.16 Å². The molecule has 2 heterocycles. The summed E-state index contributed by atoms with van der Waals surface area (Å²) in [6, 6.07) is 1.23. The zero-order chi connectivity index (χ0) is 14.2. The van der Waals surface area contributed by atoms with E-state index in [9.17, 15) is 13.2 Å². The zero-order valence-corrected chi connectivity index (χ0v) is 11.6. The number of aromatic nitrogens is 1.